The molecular formula is C42H33N5. The Labute approximate surface area is 274 Å². The van der Waals surface area contributed by atoms with Crippen molar-refractivity contribution in [3.05, 3.63) is 179 Å². The van der Waals surface area contributed by atoms with Crippen LogP contribution in [0, 0.1) is 11.8 Å². The molecule has 3 heterocycles. The molecule has 0 aliphatic heterocycles. The summed E-state index contributed by atoms with van der Waals surface area (Å²) in [7, 11) is 0. The summed E-state index contributed by atoms with van der Waals surface area (Å²) in [5.41, 5.74) is 11.2. The third-order valence-electron chi connectivity index (χ3n) is 9.19. The molecule has 2 aromatic carbocycles. The van der Waals surface area contributed by atoms with Gasteiger partial charge in [-0.3, -0.25) is 9.97 Å². The van der Waals surface area contributed by atoms with Gasteiger partial charge in [-0.1, -0.05) is 97.6 Å². The van der Waals surface area contributed by atoms with Crippen LogP contribution in [0.3, 0.4) is 0 Å². The van der Waals surface area contributed by atoms with Crippen LogP contribution >= 0.6 is 0 Å². The predicted molar refractivity (Wildman–Crippen MR) is 191 cm³/mol. The van der Waals surface area contributed by atoms with E-state index in [1.807, 2.05) is 36.8 Å². The normalized spacial score (nSPS) is 18.5. The summed E-state index contributed by atoms with van der Waals surface area (Å²) < 4.78 is 0. The maximum absolute atomic E-state index is 4.89. The van der Waals surface area contributed by atoms with Gasteiger partial charge in [0.1, 0.15) is 11.4 Å². The summed E-state index contributed by atoms with van der Waals surface area (Å²) in [5, 5.41) is 12.3. The van der Waals surface area contributed by atoms with E-state index in [1.54, 1.807) is 17.1 Å². The zero-order valence-corrected chi connectivity index (χ0v) is 25.9. The number of benzene rings is 2. The minimum atomic E-state index is 0.253. The van der Waals surface area contributed by atoms with Crippen LogP contribution in [0.4, 0.5) is 0 Å². The molecule has 47 heavy (non-hydrogen) atoms. The number of fused-ring (bicyclic) bond motifs is 2. The molecule has 0 saturated heterocycles. The van der Waals surface area contributed by atoms with Crippen LogP contribution in [-0.4, -0.2) is 25.0 Å². The first-order chi connectivity index (χ1) is 23.3. The molecule has 3 aromatic heterocycles. The van der Waals surface area contributed by atoms with Crippen LogP contribution in [-0.2, 0) is 0 Å². The molecule has 0 saturated carbocycles. The Morgan fingerprint density at radius 2 is 1.36 bits per heavy atom. The Morgan fingerprint density at radius 3 is 2.06 bits per heavy atom. The fourth-order valence-corrected chi connectivity index (χ4v) is 7.00. The fraction of sp³-hybridized carbons (Fsp3) is 0.0952. The molecular weight excluding hydrogens is 574 g/mol. The highest BCUT2D eigenvalue weighted by Gasteiger charge is 2.33. The number of pyridine rings is 2. The second kappa shape index (κ2) is 12.5. The van der Waals surface area contributed by atoms with E-state index in [4.69, 9.17) is 10.2 Å². The Hall–Kier alpha value is -5.94. The zero-order chi connectivity index (χ0) is 31.6. The number of allylic oxidation sites excluding steroid dienone is 8. The third-order valence-corrected chi connectivity index (χ3v) is 9.19. The monoisotopic (exact) mass is 607 g/mol. The van der Waals surface area contributed by atoms with E-state index in [0.29, 0.717) is 0 Å². The molecule has 3 aliphatic rings. The molecule has 0 fully saturated rings. The van der Waals surface area contributed by atoms with Crippen molar-refractivity contribution >= 4 is 35.1 Å². The first kappa shape index (κ1) is 28.5. The van der Waals surface area contributed by atoms with Crippen molar-refractivity contribution in [2.75, 3.05) is 0 Å². The molecule has 5 aromatic rings. The highest BCUT2D eigenvalue weighted by Crippen LogP contribution is 2.42. The van der Waals surface area contributed by atoms with Gasteiger partial charge in [0.15, 0.2) is 0 Å². The summed E-state index contributed by atoms with van der Waals surface area (Å²) in [4.78, 5) is 10.5. The standard InChI is InChI=1S/C42H33N5/c1-2-39-40(23-18-29-10-7-11-31(26-29)32-12-8-24-43-27-32)46-47(45-39)34-21-19-30(20-22-34)41-35-14-3-5-16-37(35)42(33-13-9-25-44-28-33)38-17-6-4-15-36(38)41/h2-19,21,23-28,35,37H,1,20,22H2/b23-18+/t35-,37?/m1/s1. The minimum absolute atomic E-state index is 0.253. The van der Waals surface area contributed by atoms with E-state index in [9.17, 15) is 0 Å². The number of nitrogens with zero attached hydrogens (tertiary/aromatic N) is 5. The number of aromatic nitrogens is 5. The van der Waals surface area contributed by atoms with Gasteiger partial charge in [0.2, 0.25) is 0 Å². The number of hydrogen-bond donors (Lipinski definition) is 0. The quantitative estimate of drug-likeness (QED) is 0.192. The van der Waals surface area contributed by atoms with Crippen LogP contribution in [0.2, 0.25) is 0 Å². The molecule has 5 heteroatoms. The molecule has 3 aliphatic carbocycles. The Morgan fingerprint density at radius 1 is 0.660 bits per heavy atom. The van der Waals surface area contributed by atoms with Crippen LogP contribution in [0.15, 0.2) is 146 Å². The highest BCUT2D eigenvalue weighted by atomic mass is 15.5. The maximum atomic E-state index is 4.89. The minimum Gasteiger partial charge on any atom is -0.264 e. The predicted octanol–water partition coefficient (Wildman–Crippen LogP) is 7.53. The molecule has 0 bridgehead atoms. The van der Waals surface area contributed by atoms with Crippen LogP contribution in [0.25, 0.3) is 46.2 Å². The van der Waals surface area contributed by atoms with Gasteiger partial charge in [-0.15, -0.1) is 10.2 Å². The second-order valence-corrected chi connectivity index (χ2v) is 12.0. The summed E-state index contributed by atoms with van der Waals surface area (Å²) in [5.74, 6) is 0.512. The molecule has 0 N–H and O–H groups in total. The van der Waals surface area contributed by atoms with E-state index < -0.39 is 0 Å². The zero-order valence-electron chi connectivity index (χ0n) is 25.9. The van der Waals surface area contributed by atoms with Gasteiger partial charge in [-0.25, -0.2) is 0 Å². The Balaban J connectivity index is 1.14. The molecule has 5 nitrogen and oxygen atoms in total. The lowest BCUT2D eigenvalue weighted by Crippen LogP contribution is -2.40. The lowest BCUT2D eigenvalue weighted by Gasteiger charge is -2.34. The number of hydrogen-bond acceptors (Lipinski definition) is 4. The van der Waals surface area contributed by atoms with E-state index in [-0.39, 0.29) is 11.8 Å². The van der Waals surface area contributed by atoms with Crippen molar-refractivity contribution in [2.24, 2.45) is 11.8 Å². The Kier molecular flexibility index (Phi) is 7.56. The molecule has 0 radical (unpaired) electrons. The van der Waals surface area contributed by atoms with E-state index in [0.717, 1.165) is 46.6 Å². The van der Waals surface area contributed by atoms with E-state index >= 15 is 0 Å². The average molecular weight is 608 g/mol. The highest BCUT2D eigenvalue weighted by molar-refractivity contribution is 5.81. The lowest BCUT2D eigenvalue weighted by atomic mass is 9.69. The van der Waals surface area contributed by atoms with Crippen molar-refractivity contribution in [1.82, 2.24) is 25.0 Å². The topological polar surface area (TPSA) is 56.5 Å². The third kappa shape index (κ3) is 5.46. The van der Waals surface area contributed by atoms with Gasteiger partial charge in [-0.2, -0.15) is 4.80 Å². The summed E-state index contributed by atoms with van der Waals surface area (Å²) >= 11 is 0. The molecule has 1 unspecified atom stereocenters. The molecule has 226 valence electrons. The van der Waals surface area contributed by atoms with Gasteiger partial charge in [0.05, 0.1) is 5.70 Å². The first-order valence-electron chi connectivity index (χ1n) is 16.0. The largest absolute Gasteiger partial charge is 0.264 e. The van der Waals surface area contributed by atoms with E-state index in [2.05, 4.69) is 120 Å². The van der Waals surface area contributed by atoms with Crippen molar-refractivity contribution < 1.29 is 0 Å². The molecule has 8 rings (SSSR count). The molecule has 0 amide bonds. The molecule has 2 atom stereocenters. The van der Waals surface area contributed by atoms with Crippen LogP contribution in [0.1, 0.15) is 35.4 Å². The first-order valence-corrected chi connectivity index (χ1v) is 16.0. The summed E-state index contributed by atoms with van der Waals surface area (Å²) in [6, 6.07) is 25.5. The fourth-order valence-electron chi connectivity index (χ4n) is 7.00. The van der Waals surface area contributed by atoms with Gasteiger partial charge < -0.3 is 0 Å². The molecule has 0 spiro atoms. The van der Waals surface area contributed by atoms with Crippen molar-refractivity contribution in [3.63, 3.8) is 0 Å². The second-order valence-electron chi connectivity index (χ2n) is 12.0. The van der Waals surface area contributed by atoms with Crippen molar-refractivity contribution in [1.29, 1.82) is 0 Å². The SMILES string of the molecule is C=Cc1nn(C2=CC=C(C3=c4ccccc4=C(c4cccnc4)C4C=CC=C[C@@H]34)CC2)nc1/C=C/c1cccc(-c2cccnc2)c1. The smallest absolute Gasteiger partial charge is 0.113 e. The average Bonchev–Trinajstić information content (AvgIpc) is 3.57. The number of rotatable bonds is 7. The van der Waals surface area contributed by atoms with Gasteiger partial charge in [0.25, 0.3) is 0 Å². The van der Waals surface area contributed by atoms with E-state index in [1.165, 1.54) is 32.7 Å². The maximum Gasteiger partial charge on any atom is 0.113 e. The van der Waals surface area contributed by atoms with Crippen LogP contribution < -0.4 is 10.4 Å². The van der Waals surface area contributed by atoms with Gasteiger partial charge in [0, 0.05) is 42.2 Å². The Bertz CT molecular complexity index is 2270. The van der Waals surface area contributed by atoms with Crippen molar-refractivity contribution in [2.45, 2.75) is 12.8 Å². The summed E-state index contributed by atoms with van der Waals surface area (Å²) in [6.07, 6.45) is 28.7. The van der Waals surface area contributed by atoms with Crippen LogP contribution in [0.5, 0.6) is 0 Å². The summed E-state index contributed by atoms with van der Waals surface area (Å²) in [6.45, 7) is 4.01. The van der Waals surface area contributed by atoms with Gasteiger partial charge in [-0.05, 0) is 93.1 Å². The van der Waals surface area contributed by atoms with Crippen molar-refractivity contribution in [3.8, 4) is 11.1 Å². The van der Waals surface area contributed by atoms with Gasteiger partial charge >= 0.3 is 0 Å². The lowest BCUT2D eigenvalue weighted by molar-refractivity contribution is 0.675.